The molecule has 1 aromatic heterocycles. The van der Waals surface area contributed by atoms with E-state index in [-0.39, 0.29) is 0 Å². The lowest BCUT2D eigenvalue weighted by atomic mass is 9.99. The van der Waals surface area contributed by atoms with Crippen molar-refractivity contribution in [3.05, 3.63) is 56.8 Å². The number of nitrogens with one attached hydrogen (secondary N) is 1. The van der Waals surface area contributed by atoms with E-state index in [1.807, 2.05) is 11.3 Å². The number of benzene rings is 1. The summed E-state index contributed by atoms with van der Waals surface area (Å²) in [5.41, 5.74) is 4.25. The van der Waals surface area contributed by atoms with Gasteiger partial charge in [0.15, 0.2) is 0 Å². The molecule has 0 radical (unpaired) electrons. The highest BCUT2D eigenvalue weighted by atomic mass is 32.1. The number of likely N-dealkylation sites (N-methyl/N-ethyl adjacent to an activating group) is 1. The minimum absolute atomic E-state index is 0.435. The van der Waals surface area contributed by atoms with E-state index < -0.39 is 0 Å². The molecule has 0 spiro atoms. The molecule has 0 aliphatic rings. The van der Waals surface area contributed by atoms with Crippen molar-refractivity contribution in [2.45, 2.75) is 40.2 Å². The lowest BCUT2D eigenvalue weighted by molar-refractivity contribution is 0.555. The van der Waals surface area contributed by atoms with Gasteiger partial charge in [0, 0.05) is 15.8 Å². The zero-order chi connectivity index (χ0) is 13.8. The maximum Gasteiger partial charge on any atom is 0.0458 e. The smallest absolute Gasteiger partial charge is 0.0458 e. The van der Waals surface area contributed by atoms with Crippen LogP contribution < -0.4 is 5.32 Å². The van der Waals surface area contributed by atoms with Crippen molar-refractivity contribution in [3.8, 4) is 0 Å². The van der Waals surface area contributed by atoms with E-state index in [2.05, 4.69) is 63.3 Å². The van der Waals surface area contributed by atoms with Crippen LogP contribution in [0.2, 0.25) is 0 Å². The second-order valence-corrected chi connectivity index (χ2v) is 6.43. The molecular weight excluding hydrogens is 250 g/mol. The quantitative estimate of drug-likeness (QED) is 0.841. The third kappa shape index (κ3) is 3.46. The Kier molecular flexibility index (Phi) is 4.78. The molecule has 0 saturated heterocycles. The molecule has 1 heterocycles. The molecule has 0 aliphatic carbocycles. The van der Waals surface area contributed by atoms with Gasteiger partial charge >= 0.3 is 0 Å². The molecule has 1 atom stereocenters. The first-order chi connectivity index (χ1) is 9.11. The molecule has 2 rings (SSSR count). The highest BCUT2D eigenvalue weighted by Gasteiger charge is 2.16. The van der Waals surface area contributed by atoms with E-state index in [9.17, 15) is 0 Å². The average Bonchev–Trinajstić information content (AvgIpc) is 2.70. The first-order valence-electron chi connectivity index (χ1n) is 6.96. The monoisotopic (exact) mass is 273 g/mol. The number of aryl methyl sites for hydroxylation is 3. The Morgan fingerprint density at radius 3 is 2.42 bits per heavy atom. The van der Waals surface area contributed by atoms with Crippen molar-refractivity contribution in [1.82, 2.24) is 5.32 Å². The number of thiophene rings is 1. The molecule has 2 aromatic rings. The van der Waals surface area contributed by atoms with Crippen LogP contribution in [0.4, 0.5) is 0 Å². The van der Waals surface area contributed by atoms with Gasteiger partial charge in [-0.15, -0.1) is 11.3 Å². The predicted octanol–water partition coefficient (Wildman–Crippen LogP) is 4.57. The SMILES string of the molecule is CCNC(Cc1ccccc1C)c1sc(C)cc1C. The first-order valence-corrected chi connectivity index (χ1v) is 7.78. The minimum Gasteiger partial charge on any atom is -0.309 e. The maximum atomic E-state index is 3.64. The summed E-state index contributed by atoms with van der Waals surface area (Å²) in [5, 5.41) is 3.64. The van der Waals surface area contributed by atoms with Gasteiger partial charge in [0.1, 0.15) is 0 Å². The van der Waals surface area contributed by atoms with Crippen LogP contribution in [-0.2, 0) is 6.42 Å². The van der Waals surface area contributed by atoms with Crippen molar-refractivity contribution in [2.75, 3.05) is 6.54 Å². The fourth-order valence-corrected chi connectivity index (χ4v) is 3.68. The fourth-order valence-electron chi connectivity index (χ4n) is 2.57. The van der Waals surface area contributed by atoms with Crippen molar-refractivity contribution in [2.24, 2.45) is 0 Å². The van der Waals surface area contributed by atoms with Crippen molar-refractivity contribution < 1.29 is 0 Å². The van der Waals surface area contributed by atoms with E-state index >= 15 is 0 Å². The highest BCUT2D eigenvalue weighted by molar-refractivity contribution is 7.12. The predicted molar refractivity (Wildman–Crippen MR) is 85.1 cm³/mol. The van der Waals surface area contributed by atoms with E-state index in [1.165, 1.54) is 26.4 Å². The number of rotatable bonds is 5. The normalized spacial score (nSPS) is 12.6. The summed E-state index contributed by atoms with van der Waals surface area (Å²) in [7, 11) is 0. The molecule has 0 amide bonds. The lowest BCUT2D eigenvalue weighted by Gasteiger charge is -2.19. The van der Waals surface area contributed by atoms with E-state index in [1.54, 1.807) is 0 Å². The molecule has 102 valence electrons. The van der Waals surface area contributed by atoms with E-state index in [0.29, 0.717) is 6.04 Å². The van der Waals surface area contributed by atoms with Gasteiger partial charge in [-0.1, -0.05) is 31.2 Å². The molecule has 1 unspecified atom stereocenters. The van der Waals surface area contributed by atoms with Crippen LogP contribution >= 0.6 is 11.3 Å². The molecule has 2 heteroatoms. The standard InChI is InChI=1S/C17H23NS/c1-5-18-16(17-13(3)10-14(4)19-17)11-15-9-7-6-8-12(15)2/h6-10,16,18H,5,11H2,1-4H3. The number of hydrogen-bond acceptors (Lipinski definition) is 2. The van der Waals surface area contributed by atoms with Crippen molar-refractivity contribution >= 4 is 11.3 Å². The zero-order valence-corrected chi connectivity index (χ0v) is 13.1. The van der Waals surface area contributed by atoms with Gasteiger partial charge in [0.25, 0.3) is 0 Å². The summed E-state index contributed by atoms with van der Waals surface area (Å²) >= 11 is 1.93. The van der Waals surface area contributed by atoms with E-state index in [4.69, 9.17) is 0 Å². The van der Waals surface area contributed by atoms with Gasteiger partial charge in [0.05, 0.1) is 0 Å². The Morgan fingerprint density at radius 2 is 1.84 bits per heavy atom. The molecule has 0 saturated carbocycles. The lowest BCUT2D eigenvalue weighted by Crippen LogP contribution is -2.23. The molecule has 19 heavy (non-hydrogen) atoms. The summed E-state index contributed by atoms with van der Waals surface area (Å²) < 4.78 is 0. The van der Waals surface area contributed by atoms with Gasteiger partial charge in [-0.3, -0.25) is 0 Å². The Morgan fingerprint density at radius 1 is 1.11 bits per heavy atom. The molecule has 0 fully saturated rings. The molecule has 0 bridgehead atoms. The van der Waals surface area contributed by atoms with E-state index in [0.717, 1.165) is 13.0 Å². The third-order valence-electron chi connectivity index (χ3n) is 3.53. The Labute approximate surface area is 120 Å². The van der Waals surface area contributed by atoms with Crippen LogP contribution in [0, 0.1) is 20.8 Å². The first kappa shape index (κ1) is 14.3. The Balaban J connectivity index is 2.26. The summed E-state index contributed by atoms with van der Waals surface area (Å²) in [4.78, 5) is 2.89. The van der Waals surface area contributed by atoms with Gasteiger partial charge in [-0.05, 0) is 56.5 Å². The molecular formula is C17H23NS. The Hall–Kier alpha value is -1.12. The highest BCUT2D eigenvalue weighted by Crippen LogP contribution is 2.30. The maximum absolute atomic E-state index is 3.64. The molecule has 0 aliphatic heterocycles. The average molecular weight is 273 g/mol. The second-order valence-electron chi connectivity index (χ2n) is 5.15. The van der Waals surface area contributed by atoms with Crippen LogP contribution in [0.3, 0.4) is 0 Å². The van der Waals surface area contributed by atoms with Crippen LogP contribution in [0.1, 0.15) is 39.4 Å². The minimum atomic E-state index is 0.435. The summed E-state index contributed by atoms with van der Waals surface area (Å²) in [6.45, 7) is 9.80. The van der Waals surface area contributed by atoms with Gasteiger partial charge < -0.3 is 5.32 Å². The van der Waals surface area contributed by atoms with Gasteiger partial charge in [0.2, 0.25) is 0 Å². The van der Waals surface area contributed by atoms with Crippen molar-refractivity contribution in [3.63, 3.8) is 0 Å². The van der Waals surface area contributed by atoms with Crippen molar-refractivity contribution in [1.29, 1.82) is 0 Å². The van der Waals surface area contributed by atoms with Gasteiger partial charge in [-0.25, -0.2) is 0 Å². The Bertz CT molecular complexity index is 542. The molecule has 1 nitrogen and oxygen atoms in total. The third-order valence-corrected chi connectivity index (χ3v) is 4.80. The summed E-state index contributed by atoms with van der Waals surface area (Å²) in [6.07, 6.45) is 1.07. The largest absolute Gasteiger partial charge is 0.309 e. The topological polar surface area (TPSA) is 12.0 Å². The van der Waals surface area contributed by atoms with Crippen LogP contribution in [0.25, 0.3) is 0 Å². The summed E-state index contributed by atoms with van der Waals surface area (Å²) in [5.74, 6) is 0. The second kappa shape index (κ2) is 6.36. The number of hydrogen-bond donors (Lipinski definition) is 1. The fraction of sp³-hybridized carbons (Fsp3) is 0.412. The molecule has 1 N–H and O–H groups in total. The van der Waals surface area contributed by atoms with Crippen LogP contribution in [-0.4, -0.2) is 6.54 Å². The van der Waals surface area contributed by atoms with Crippen LogP contribution in [0.5, 0.6) is 0 Å². The zero-order valence-electron chi connectivity index (χ0n) is 12.3. The van der Waals surface area contributed by atoms with Gasteiger partial charge in [-0.2, -0.15) is 0 Å². The summed E-state index contributed by atoms with van der Waals surface area (Å²) in [6, 6.07) is 11.4. The molecule has 1 aromatic carbocycles. The van der Waals surface area contributed by atoms with Crippen LogP contribution in [0.15, 0.2) is 30.3 Å².